The molecule has 0 saturated carbocycles. The van der Waals surface area contributed by atoms with Crippen LogP contribution in [-0.4, -0.2) is 25.2 Å². The van der Waals surface area contributed by atoms with Gasteiger partial charge in [-0.05, 0) is 60.2 Å². The van der Waals surface area contributed by atoms with Crippen molar-refractivity contribution in [2.24, 2.45) is 0 Å². The first-order valence-electron chi connectivity index (χ1n) is 8.89. The molecule has 0 aliphatic carbocycles. The summed E-state index contributed by atoms with van der Waals surface area (Å²) in [5, 5.41) is 4.16. The molecule has 0 fully saturated rings. The number of hydrogen-bond acceptors (Lipinski definition) is 3. The Morgan fingerprint density at radius 3 is 2.06 bits per heavy atom. The Balaban J connectivity index is 1.89. The van der Waals surface area contributed by atoms with Crippen molar-refractivity contribution in [2.75, 3.05) is 11.9 Å². The number of benzene rings is 3. The zero-order valence-electron chi connectivity index (χ0n) is 15.9. The minimum Gasteiger partial charge on any atom is -0.325 e. The monoisotopic (exact) mass is 516 g/mol. The molecule has 0 saturated heterocycles. The van der Waals surface area contributed by atoms with E-state index in [-0.39, 0.29) is 11.4 Å². The third-order valence-corrected chi connectivity index (χ3v) is 6.90. The van der Waals surface area contributed by atoms with E-state index in [0.29, 0.717) is 31.3 Å². The van der Waals surface area contributed by atoms with Gasteiger partial charge in [0.2, 0.25) is 15.9 Å². The molecule has 3 rings (SSSR count). The van der Waals surface area contributed by atoms with E-state index in [0.717, 1.165) is 4.31 Å². The predicted octanol–water partition coefficient (Wildman–Crippen LogP) is 6.13. The van der Waals surface area contributed by atoms with Gasteiger partial charge in [0.05, 0.1) is 11.4 Å². The molecular weight excluding hydrogens is 502 g/mol. The minimum absolute atomic E-state index is 0.0116. The van der Waals surface area contributed by atoms with Crippen LogP contribution in [-0.2, 0) is 21.4 Å². The standard InChI is InChI=1S/C21H16Cl4N2O3S/c22-15-4-6-20(7-5-15)31(29,30)27(12-14-2-1-3-16(23)8-14)13-21(28)26-19-10-17(24)9-18(25)11-19/h1-11H,12-13H2,(H,26,28). The molecule has 0 aliphatic rings. The molecule has 1 N–H and O–H groups in total. The van der Waals surface area contributed by atoms with Gasteiger partial charge in [-0.2, -0.15) is 4.31 Å². The maximum absolute atomic E-state index is 13.3. The third kappa shape index (κ3) is 6.59. The summed E-state index contributed by atoms with van der Waals surface area (Å²) in [5.41, 5.74) is 0.984. The largest absolute Gasteiger partial charge is 0.325 e. The summed E-state index contributed by atoms with van der Waals surface area (Å²) in [6, 6.07) is 17.0. The first kappa shape index (κ1) is 23.9. The summed E-state index contributed by atoms with van der Waals surface area (Å²) in [7, 11) is -4.01. The van der Waals surface area contributed by atoms with Gasteiger partial charge in [-0.15, -0.1) is 0 Å². The van der Waals surface area contributed by atoms with Crippen LogP contribution in [0.5, 0.6) is 0 Å². The Hall–Kier alpha value is -1.80. The molecule has 0 aromatic heterocycles. The van der Waals surface area contributed by atoms with E-state index in [1.54, 1.807) is 24.3 Å². The Kier molecular flexibility index (Phi) is 7.86. The van der Waals surface area contributed by atoms with Crippen molar-refractivity contribution in [3.8, 4) is 0 Å². The molecule has 10 heteroatoms. The lowest BCUT2D eigenvalue weighted by molar-refractivity contribution is -0.116. The van der Waals surface area contributed by atoms with Gasteiger partial charge in [0.25, 0.3) is 0 Å². The van der Waals surface area contributed by atoms with Crippen LogP contribution >= 0.6 is 46.4 Å². The smallest absolute Gasteiger partial charge is 0.243 e. The molecule has 31 heavy (non-hydrogen) atoms. The number of rotatable bonds is 7. The molecule has 0 aliphatic heterocycles. The van der Waals surface area contributed by atoms with Crippen LogP contribution in [0, 0.1) is 0 Å². The number of amides is 1. The molecule has 0 spiro atoms. The first-order valence-corrected chi connectivity index (χ1v) is 11.8. The maximum atomic E-state index is 13.3. The molecule has 0 bridgehead atoms. The van der Waals surface area contributed by atoms with Crippen molar-refractivity contribution in [3.05, 3.63) is 92.4 Å². The Morgan fingerprint density at radius 1 is 0.806 bits per heavy atom. The van der Waals surface area contributed by atoms with Crippen molar-refractivity contribution in [1.29, 1.82) is 0 Å². The molecule has 0 atom stereocenters. The minimum atomic E-state index is -4.01. The highest BCUT2D eigenvalue weighted by Crippen LogP contribution is 2.24. The van der Waals surface area contributed by atoms with E-state index in [9.17, 15) is 13.2 Å². The van der Waals surface area contributed by atoms with Gasteiger partial charge in [-0.3, -0.25) is 4.79 Å². The average molecular weight is 518 g/mol. The maximum Gasteiger partial charge on any atom is 0.243 e. The lowest BCUT2D eigenvalue weighted by Crippen LogP contribution is -2.37. The molecule has 162 valence electrons. The van der Waals surface area contributed by atoms with Gasteiger partial charge in [0.1, 0.15) is 0 Å². The Morgan fingerprint density at radius 2 is 1.45 bits per heavy atom. The molecule has 0 radical (unpaired) electrons. The summed E-state index contributed by atoms with van der Waals surface area (Å²) in [6.07, 6.45) is 0. The molecular formula is C21H16Cl4N2O3S. The van der Waals surface area contributed by atoms with Crippen LogP contribution in [0.25, 0.3) is 0 Å². The normalized spacial score (nSPS) is 11.5. The van der Waals surface area contributed by atoms with E-state index in [1.807, 2.05) is 0 Å². The average Bonchev–Trinajstić information content (AvgIpc) is 2.67. The van der Waals surface area contributed by atoms with E-state index in [1.165, 1.54) is 42.5 Å². The highest BCUT2D eigenvalue weighted by atomic mass is 35.5. The third-order valence-electron chi connectivity index (χ3n) is 4.17. The molecule has 0 unspecified atom stereocenters. The quantitative estimate of drug-likeness (QED) is 0.410. The number of hydrogen-bond donors (Lipinski definition) is 1. The lowest BCUT2D eigenvalue weighted by atomic mass is 10.2. The fourth-order valence-corrected chi connectivity index (χ4v) is 5.06. The number of nitrogens with zero attached hydrogens (tertiary/aromatic N) is 1. The highest BCUT2D eigenvalue weighted by molar-refractivity contribution is 7.89. The van der Waals surface area contributed by atoms with Gasteiger partial charge in [0, 0.05) is 32.3 Å². The summed E-state index contributed by atoms with van der Waals surface area (Å²) >= 11 is 23.8. The summed E-state index contributed by atoms with van der Waals surface area (Å²) < 4.78 is 27.6. The number of carbonyl (C=O) groups excluding carboxylic acids is 1. The van der Waals surface area contributed by atoms with Crippen LogP contribution in [0.15, 0.2) is 71.6 Å². The van der Waals surface area contributed by atoms with Gasteiger partial charge in [-0.1, -0.05) is 58.5 Å². The van der Waals surface area contributed by atoms with E-state index < -0.39 is 22.5 Å². The zero-order chi connectivity index (χ0) is 22.6. The van der Waals surface area contributed by atoms with Crippen molar-refractivity contribution >= 4 is 68.0 Å². The fourth-order valence-electron chi connectivity index (χ4n) is 2.81. The fraction of sp³-hybridized carbons (Fsp3) is 0.0952. The van der Waals surface area contributed by atoms with Crippen molar-refractivity contribution < 1.29 is 13.2 Å². The number of anilines is 1. The summed E-state index contributed by atoms with van der Waals surface area (Å²) in [4.78, 5) is 12.7. The second-order valence-electron chi connectivity index (χ2n) is 6.56. The number of carbonyl (C=O) groups is 1. The van der Waals surface area contributed by atoms with Crippen LogP contribution in [0.1, 0.15) is 5.56 Å². The van der Waals surface area contributed by atoms with Gasteiger partial charge in [-0.25, -0.2) is 8.42 Å². The second kappa shape index (κ2) is 10.2. The van der Waals surface area contributed by atoms with E-state index in [2.05, 4.69) is 5.32 Å². The molecule has 3 aromatic rings. The van der Waals surface area contributed by atoms with Crippen LogP contribution < -0.4 is 5.32 Å². The lowest BCUT2D eigenvalue weighted by Gasteiger charge is -2.22. The molecule has 3 aromatic carbocycles. The van der Waals surface area contributed by atoms with Crippen LogP contribution in [0.3, 0.4) is 0 Å². The van der Waals surface area contributed by atoms with E-state index in [4.69, 9.17) is 46.4 Å². The van der Waals surface area contributed by atoms with Crippen molar-refractivity contribution in [2.45, 2.75) is 11.4 Å². The Bertz CT molecular complexity index is 1180. The summed E-state index contributed by atoms with van der Waals surface area (Å²) in [5.74, 6) is -0.558. The summed E-state index contributed by atoms with van der Waals surface area (Å²) in [6.45, 7) is -0.503. The topological polar surface area (TPSA) is 66.5 Å². The number of halogens is 4. The first-order chi connectivity index (χ1) is 14.6. The predicted molar refractivity (Wildman–Crippen MR) is 126 cm³/mol. The molecule has 1 amide bonds. The van der Waals surface area contributed by atoms with Crippen LogP contribution in [0.2, 0.25) is 20.1 Å². The van der Waals surface area contributed by atoms with Crippen molar-refractivity contribution in [3.63, 3.8) is 0 Å². The van der Waals surface area contributed by atoms with Gasteiger partial charge in [0.15, 0.2) is 0 Å². The van der Waals surface area contributed by atoms with Crippen molar-refractivity contribution in [1.82, 2.24) is 4.31 Å². The number of nitrogens with one attached hydrogen (secondary N) is 1. The molecule has 5 nitrogen and oxygen atoms in total. The van der Waals surface area contributed by atoms with E-state index >= 15 is 0 Å². The van der Waals surface area contributed by atoms with Crippen LogP contribution in [0.4, 0.5) is 5.69 Å². The second-order valence-corrected chi connectivity index (χ2v) is 10.2. The highest BCUT2D eigenvalue weighted by Gasteiger charge is 2.27. The van der Waals surface area contributed by atoms with Gasteiger partial charge >= 0.3 is 0 Å². The number of sulfonamides is 1. The zero-order valence-corrected chi connectivity index (χ0v) is 19.7. The molecule has 0 heterocycles. The SMILES string of the molecule is O=C(CN(Cc1cccc(Cl)c1)S(=O)(=O)c1ccc(Cl)cc1)Nc1cc(Cl)cc(Cl)c1. The Labute approximate surface area is 200 Å². The van der Waals surface area contributed by atoms with Gasteiger partial charge < -0.3 is 5.32 Å².